The van der Waals surface area contributed by atoms with Gasteiger partial charge in [-0.15, -0.1) is 5.98 Å². The van der Waals surface area contributed by atoms with Gasteiger partial charge in [-0.3, -0.25) is 0 Å². The first-order chi connectivity index (χ1) is 7.91. The fraction of sp³-hybridized carbons (Fsp3) is 0.800. The molecule has 0 aromatic carbocycles. The first kappa shape index (κ1) is 16.3. The lowest BCUT2D eigenvalue weighted by atomic mass is 9.31. The maximum atomic E-state index is 8.54. The molecule has 0 fully saturated rings. The Bertz CT molecular complexity index is 249. The van der Waals surface area contributed by atoms with Gasteiger partial charge < -0.3 is 0 Å². The SMILES string of the molecule is CC(C)C(C)B(/C=C/CCC#N)C(C)C(C)C. The normalized spacial score (nSPS) is 15.2. The molecule has 0 saturated carbocycles. The van der Waals surface area contributed by atoms with Gasteiger partial charge in [-0.05, 0) is 6.42 Å². The molecule has 2 atom stereocenters. The highest BCUT2D eigenvalue weighted by atomic mass is 14.2. The Kier molecular flexibility index (Phi) is 8.05. The molecule has 0 heterocycles. The number of hydrogen-bond donors (Lipinski definition) is 0. The van der Waals surface area contributed by atoms with Crippen LogP contribution in [0.4, 0.5) is 0 Å². The van der Waals surface area contributed by atoms with Gasteiger partial charge in [-0.1, -0.05) is 71.1 Å². The van der Waals surface area contributed by atoms with E-state index in [0.29, 0.717) is 36.6 Å². The lowest BCUT2D eigenvalue weighted by Crippen LogP contribution is -2.28. The highest BCUT2D eigenvalue weighted by Gasteiger charge is 2.28. The van der Waals surface area contributed by atoms with Crippen molar-refractivity contribution in [1.29, 1.82) is 5.26 Å². The third-order valence-corrected chi connectivity index (χ3v) is 4.10. The van der Waals surface area contributed by atoms with Crippen LogP contribution in [0.3, 0.4) is 0 Å². The maximum Gasteiger partial charge on any atom is 0.172 e. The summed E-state index contributed by atoms with van der Waals surface area (Å²) < 4.78 is 0. The number of hydrogen-bond acceptors (Lipinski definition) is 1. The minimum atomic E-state index is 0.633. The minimum absolute atomic E-state index is 0.633. The quantitative estimate of drug-likeness (QED) is 0.449. The largest absolute Gasteiger partial charge is 0.198 e. The van der Waals surface area contributed by atoms with Crippen molar-refractivity contribution in [2.45, 2.75) is 66.0 Å². The topological polar surface area (TPSA) is 23.8 Å². The molecular formula is C15H28BN. The maximum absolute atomic E-state index is 8.54. The zero-order chi connectivity index (χ0) is 13.4. The van der Waals surface area contributed by atoms with Crippen LogP contribution in [0.1, 0.15) is 54.4 Å². The molecular weight excluding hydrogens is 205 g/mol. The summed E-state index contributed by atoms with van der Waals surface area (Å²) in [4.78, 5) is 0. The number of nitriles is 1. The van der Waals surface area contributed by atoms with Crippen LogP contribution in [0, 0.1) is 23.2 Å². The monoisotopic (exact) mass is 233 g/mol. The van der Waals surface area contributed by atoms with Crippen molar-refractivity contribution in [3.8, 4) is 6.07 Å². The second-order valence-electron chi connectivity index (χ2n) is 5.91. The van der Waals surface area contributed by atoms with Crippen LogP contribution in [0.5, 0.6) is 0 Å². The van der Waals surface area contributed by atoms with Crippen LogP contribution in [0.2, 0.25) is 11.6 Å². The smallest absolute Gasteiger partial charge is 0.172 e. The van der Waals surface area contributed by atoms with Crippen molar-refractivity contribution in [3.63, 3.8) is 0 Å². The summed E-state index contributed by atoms with van der Waals surface area (Å²) in [6, 6.07) is 2.19. The van der Waals surface area contributed by atoms with Gasteiger partial charge >= 0.3 is 0 Å². The van der Waals surface area contributed by atoms with Crippen molar-refractivity contribution in [3.05, 3.63) is 12.1 Å². The van der Waals surface area contributed by atoms with E-state index in [4.69, 9.17) is 5.26 Å². The molecule has 0 aromatic rings. The molecule has 0 rings (SSSR count). The van der Waals surface area contributed by atoms with Gasteiger partial charge in [0.25, 0.3) is 0 Å². The lowest BCUT2D eigenvalue weighted by molar-refractivity contribution is 0.566. The molecule has 0 saturated heterocycles. The predicted molar refractivity (Wildman–Crippen MR) is 78.3 cm³/mol. The Balaban J connectivity index is 4.62. The van der Waals surface area contributed by atoms with Gasteiger partial charge in [0.15, 0.2) is 6.71 Å². The highest BCUT2D eigenvalue weighted by Crippen LogP contribution is 2.33. The second kappa shape index (κ2) is 8.40. The van der Waals surface area contributed by atoms with Crippen LogP contribution in [-0.2, 0) is 0 Å². The first-order valence-electron chi connectivity index (χ1n) is 6.95. The van der Waals surface area contributed by atoms with Crippen molar-refractivity contribution in [2.24, 2.45) is 11.8 Å². The van der Waals surface area contributed by atoms with Crippen LogP contribution in [0.15, 0.2) is 12.1 Å². The molecule has 17 heavy (non-hydrogen) atoms. The number of rotatable bonds is 7. The van der Waals surface area contributed by atoms with E-state index in [0.717, 1.165) is 6.42 Å². The Morgan fingerprint density at radius 2 is 1.47 bits per heavy atom. The summed E-state index contributed by atoms with van der Waals surface area (Å²) in [6.45, 7) is 14.5. The van der Waals surface area contributed by atoms with E-state index in [2.05, 4.69) is 59.7 Å². The van der Waals surface area contributed by atoms with E-state index in [9.17, 15) is 0 Å². The lowest BCUT2D eigenvalue weighted by Gasteiger charge is -2.29. The highest BCUT2D eigenvalue weighted by molar-refractivity contribution is 6.67. The number of allylic oxidation sites excluding steroid dienone is 1. The molecule has 2 heteroatoms. The molecule has 0 spiro atoms. The molecule has 1 nitrogen and oxygen atoms in total. The van der Waals surface area contributed by atoms with E-state index in [1.165, 1.54) is 0 Å². The molecule has 0 N–H and O–H groups in total. The molecule has 0 radical (unpaired) electrons. The van der Waals surface area contributed by atoms with Crippen molar-refractivity contribution in [1.82, 2.24) is 0 Å². The summed E-state index contributed by atoms with van der Waals surface area (Å²) >= 11 is 0. The molecule has 0 aliphatic carbocycles. The van der Waals surface area contributed by atoms with Gasteiger partial charge in [0.1, 0.15) is 0 Å². The van der Waals surface area contributed by atoms with E-state index < -0.39 is 0 Å². The number of unbranched alkanes of at least 4 members (excludes halogenated alkanes) is 1. The molecule has 96 valence electrons. The molecule has 0 amide bonds. The zero-order valence-corrected chi connectivity index (χ0v) is 12.4. The summed E-state index contributed by atoms with van der Waals surface area (Å²) in [7, 11) is 0. The third-order valence-electron chi connectivity index (χ3n) is 4.10. The summed E-state index contributed by atoms with van der Waals surface area (Å²) in [5, 5.41) is 8.54. The van der Waals surface area contributed by atoms with Crippen LogP contribution < -0.4 is 0 Å². The average molecular weight is 233 g/mol. The van der Waals surface area contributed by atoms with Crippen molar-refractivity contribution < 1.29 is 0 Å². The molecule has 2 unspecified atom stereocenters. The Labute approximate surface area is 108 Å². The van der Waals surface area contributed by atoms with E-state index in [1.54, 1.807) is 0 Å². The van der Waals surface area contributed by atoms with E-state index in [-0.39, 0.29) is 0 Å². The van der Waals surface area contributed by atoms with Gasteiger partial charge in [0, 0.05) is 6.42 Å². The molecule has 0 aromatic heterocycles. The van der Waals surface area contributed by atoms with Gasteiger partial charge in [0.2, 0.25) is 0 Å². The number of nitrogens with zero attached hydrogens (tertiary/aromatic N) is 1. The van der Waals surface area contributed by atoms with Gasteiger partial charge in [-0.25, -0.2) is 0 Å². The van der Waals surface area contributed by atoms with Crippen molar-refractivity contribution in [2.75, 3.05) is 0 Å². The van der Waals surface area contributed by atoms with E-state index in [1.807, 2.05) is 0 Å². The molecule has 0 bridgehead atoms. The Morgan fingerprint density at radius 3 is 1.82 bits per heavy atom. The molecule has 0 aliphatic rings. The standard InChI is InChI=1S/C15H28BN/c1-12(2)14(5)16(15(6)13(3)4)10-8-7-9-11-17/h8,10,12-15H,7,9H2,1-6H3/b10-8+. The zero-order valence-electron chi connectivity index (χ0n) is 12.4. The van der Waals surface area contributed by atoms with Gasteiger partial charge in [0.05, 0.1) is 6.07 Å². The van der Waals surface area contributed by atoms with Gasteiger partial charge in [-0.2, -0.15) is 5.26 Å². The van der Waals surface area contributed by atoms with Crippen LogP contribution >= 0.6 is 0 Å². The summed E-state index contributed by atoms with van der Waals surface area (Å²) in [5.41, 5.74) is 0. The fourth-order valence-electron chi connectivity index (χ4n) is 2.12. The average Bonchev–Trinajstić information content (AvgIpc) is 2.27. The predicted octanol–water partition coefficient (Wildman–Crippen LogP) is 4.97. The Hall–Kier alpha value is -0.705. The Morgan fingerprint density at radius 1 is 1.00 bits per heavy atom. The minimum Gasteiger partial charge on any atom is -0.198 e. The van der Waals surface area contributed by atoms with Crippen LogP contribution in [0.25, 0.3) is 0 Å². The second-order valence-corrected chi connectivity index (χ2v) is 5.91. The first-order valence-corrected chi connectivity index (χ1v) is 6.95. The van der Waals surface area contributed by atoms with Crippen LogP contribution in [-0.4, -0.2) is 6.71 Å². The van der Waals surface area contributed by atoms with E-state index >= 15 is 0 Å². The molecule has 0 aliphatic heterocycles. The summed E-state index contributed by atoms with van der Waals surface area (Å²) in [5.74, 6) is 5.17. The fourth-order valence-corrected chi connectivity index (χ4v) is 2.12. The summed E-state index contributed by atoms with van der Waals surface area (Å²) in [6.07, 6.45) is 3.73. The third kappa shape index (κ3) is 5.96. The van der Waals surface area contributed by atoms with Crippen molar-refractivity contribution >= 4 is 6.71 Å².